The van der Waals surface area contributed by atoms with E-state index in [1.807, 2.05) is 6.92 Å². The first-order chi connectivity index (χ1) is 5.63. The van der Waals surface area contributed by atoms with Crippen LogP contribution in [0.25, 0.3) is 0 Å². The van der Waals surface area contributed by atoms with E-state index in [-0.39, 0.29) is 0 Å². The summed E-state index contributed by atoms with van der Waals surface area (Å²) in [5.41, 5.74) is 0. The lowest BCUT2D eigenvalue weighted by Gasteiger charge is -2.19. The molecule has 0 aromatic heterocycles. The Hall–Kier alpha value is -0.610. The maximum atomic E-state index is 10.6. The Balaban J connectivity index is 3.99. The lowest BCUT2D eigenvalue weighted by molar-refractivity contribution is -0.160. The van der Waals surface area contributed by atoms with E-state index in [4.69, 9.17) is 14.6 Å². The number of aliphatic carboxylic acids is 1. The highest BCUT2D eigenvalue weighted by Gasteiger charge is 2.24. The third kappa shape index (κ3) is 3.69. The van der Waals surface area contributed by atoms with Gasteiger partial charge in [0, 0.05) is 13.2 Å². The zero-order valence-corrected chi connectivity index (χ0v) is 7.74. The van der Waals surface area contributed by atoms with Crippen LogP contribution in [0.4, 0.5) is 0 Å². The van der Waals surface area contributed by atoms with Crippen LogP contribution in [0.5, 0.6) is 0 Å². The zero-order chi connectivity index (χ0) is 9.56. The van der Waals surface area contributed by atoms with Crippen molar-refractivity contribution in [3.8, 4) is 0 Å². The standard InChI is InChI=1S/C8H16O4/c1-4-11-6(3)7(8(9)10)12-5-2/h6-7H,4-5H2,1-3H3,(H,9,10). The molecular weight excluding hydrogens is 160 g/mol. The number of carboxylic acids is 1. The lowest BCUT2D eigenvalue weighted by Crippen LogP contribution is -2.36. The molecule has 0 spiro atoms. The second kappa shape index (κ2) is 5.97. The largest absolute Gasteiger partial charge is 0.479 e. The maximum absolute atomic E-state index is 10.6. The molecule has 0 radical (unpaired) electrons. The van der Waals surface area contributed by atoms with Gasteiger partial charge in [0.05, 0.1) is 6.10 Å². The average Bonchev–Trinajstić information content (AvgIpc) is 1.99. The molecule has 0 rings (SSSR count). The smallest absolute Gasteiger partial charge is 0.335 e. The predicted octanol–water partition coefficient (Wildman–Crippen LogP) is 0.901. The summed E-state index contributed by atoms with van der Waals surface area (Å²) in [6.45, 7) is 6.15. The molecule has 0 fully saturated rings. The number of hydrogen-bond donors (Lipinski definition) is 1. The summed E-state index contributed by atoms with van der Waals surface area (Å²) in [6.07, 6.45) is -1.25. The molecule has 0 saturated heterocycles. The van der Waals surface area contributed by atoms with E-state index >= 15 is 0 Å². The third-order valence-electron chi connectivity index (χ3n) is 1.45. The van der Waals surface area contributed by atoms with Crippen molar-refractivity contribution in [3.63, 3.8) is 0 Å². The van der Waals surface area contributed by atoms with Gasteiger partial charge in [0.2, 0.25) is 0 Å². The molecule has 0 aliphatic carbocycles. The Bertz CT molecular complexity index is 135. The Morgan fingerprint density at radius 2 is 1.83 bits per heavy atom. The van der Waals surface area contributed by atoms with Crippen LogP contribution in [0.15, 0.2) is 0 Å². The van der Waals surface area contributed by atoms with Crippen LogP contribution < -0.4 is 0 Å². The van der Waals surface area contributed by atoms with Gasteiger partial charge in [0.15, 0.2) is 6.10 Å². The molecule has 0 amide bonds. The van der Waals surface area contributed by atoms with E-state index in [1.54, 1.807) is 13.8 Å². The molecule has 0 aromatic carbocycles. The molecule has 0 heterocycles. The van der Waals surface area contributed by atoms with Gasteiger partial charge in [-0.05, 0) is 20.8 Å². The van der Waals surface area contributed by atoms with Crippen molar-refractivity contribution < 1.29 is 19.4 Å². The Morgan fingerprint density at radius 3 is 2.17 bits per heavy atom. The maximum Gasteiger partial charge on any atom is 0.335 e. The minimum atomic E-state index is -0.974. The van der Waals surface area contributed by atoms with Crippen molar-refractivity contribution in [2.45, 2.75) is 33.0 Å². The number of ether oxygens (including phenoxy) is 2. The summed E-state index contributed by atoms with van der Waals surface area (Å²) in [7, 11) is 0. The number of rotatable bonds is 6. The van der Waals surface area contributed by atoms with Gasteiger partial charge < -0.3 is 14.6 Å². The Kier molecular flexibility index (Phi) is 5.66. The molecule has 1 N–H and O–H groups in total. The van der Waals surface area contributed by atoms with Crippen LogP contribution in [0.3, 0.4) is 0 Å². The highest BCUT2D eigenvalue weighted by molar-refractivity contribution is 5.73. The van der Waals surface area contributed by atoms with Crippen molar-refractivity contribution in [2.75, 3.05) is 13.2 Å². The van der Waals surface area contributed by atoms with Crippen LogP contribution >= 0.6 is 0 Å². The molecule has 2 atom stereocenters. The Labute approximate surface area is 72.5 Å². The van der Waals surface area contributed by atoms with Gasteiger partial charge in [-0.25, -0.2) is 4.79 Å². The molecule has 0 aliphatic rings. The third-order valence-corrected chi connectivity index (χ3v) is 1.45. The topological polar surface area (TPSA) is 55.8 Å². The van der Waals surface area contributed by atoms with Gasteiger partial charge in [0.1, 0.15) is 0 Å². The minimum Gasteiger partial charge on any atom is -0.479 e. The summed E-state index contributed by atoms with van der Waals surface area (Å²) >= 11 is 0. The quantitative estimate of drug-likeness (QED) is 0.653. The first-order valence-corrected chi connectivity index (χ1v) is 4.09. The van der Waals surface area contributed by atoms with E-state index in [2.05, 4.69) is 0 Å². The normalized spacial score (nSPS) is 15.6. The monoisotopic (exact) mass is 176 g/mol. The molecule has 0 bridgehead atoms. The first-order valence-electron chi connectivity index (χ1n) is 4.09. The summed E-state index contributed by atoms with van der Waals surface area (Å²) in [6, 6.07) is 0. The SMILES string of the molecule is CCOC(C)C(OCC)C(=O)O. The predicted molar refractivity (Wildman–Crippen MR) is 44.1 cm³/mol. The summed E-state index contributed by atoms with van der Waals surface area (Å²) in [4.78, 5) is 10.6. The molecule has 4 nitrogen and oxygen atoms in total. The molecule has 2 unspecified atom stereocenters. The van der Waals surface area contributed by atoms with Crippen LogP contribution in [0.2, 0.25) is 0 Å². The average molecular weight is 176 g/mol. The van der Waals surface area contributed by atoms with Gasteiger partial charge in [-0.3, -0.25) is 0 Å². The van der Waals surface area contributed by atoms with Crippen LogP contribution in [-0.2, 0) is 14.3 Å². The van der Waals surface area contributed by atoms with Gasteiger partial charge in [-0.15, -0.1) is 0 Å². The number of hydrogen-bond acceptors (Lipinski definition) is 3. The number of carbonyl (C=O) groups is 1. The fraction of sp³-hybridized carbons (Fsp3) is 0.875. The molecule has 72 valence electrons. The molecular formula is C8H16O4. The van der Waals surface area contributed by atoms with Gasteiger partial charge in [0.25, 0.3) is 0 Å². The summed E-state index contributed by atoms with van der Waals surface area (Å²) in [5.74, 6) is -0.974. The van der Waals surface area contributed by atoms with Crippen molar-refractivity contribution in [3.05, 3.63) is 0 Å². The lowest BCUT2D eigenvalue weighted by atomic mass is 10.2. The van der Waals surface area contributed by atoms with Gasteiger partial charge in [-0.1, -0.05) is 0 Å². The molecule has 0 saturated carbocycles. The molecule has 0 aromatic rings. The fourth-order valence-electron chi connectivity index (χ4n) is 0.937. The van der Waals surface area contributed by atoms with Crippen LogP contribution in [-0.4, -0.2) is 36.5 Å². The summed E-state index contributed by atoms with van der Waals surface area (Å²) < 4.78 is 10.1. The van der Waals surface area contributed by atoms with Crippen molar-refractivity contribution >= 4 is 5.97 Å². The van der Waals surface area contributed by atoms with E-state index in [9.17, 15) is 4.79 Å². The highest BCUT2D eigenvalue weighted by atomic mass is 16.6. The van der Waals surface area contributed by atoms with Crippen LogP contribution in [0, 0.1) is 0 Å². The molecule has 12 heavy (non-hydrogen) atoms. The zero-order valence-electron chi connectivity index (χ0n) is 7.74. The first kappa shape index (κ1) is 11.4. The number of carboxylic acid groups (broad SMARTS) is 1. The second-order valence-electron chi connectivity index (χ2n) is 2.37. The van der Waals surface area contributed by atoms with Crippen molar-refractivity contribution in [1.29, 1.82) is 0 Å². The van der Waals surface area contributed by atoms with Gasteiger partial charge in [-0.2, -0.15) is 0 Å². The van der Waals surface area contributed by atoms with E-state index in [0.717, 1.165) is 0 Å². The Morgan fingerprint density at radius 1 is 1.33 bits per heavy atom. The highest BCUT2D eigenvalue weighted by Crippen LogP contribution is 2.03. The minimum absolute atomic E-state index is 0.383. The molecule has 4 heteroatoms. The van der Waals surface area contributed by atoms with Crippen molar-refractivity contribution in [1.82, 2.24) is 0 Å². The van der Waals surface area contributed by atoms with Gasteiger partial charge >= 0.3 is 5.97 Å². The van der Waals surface area contributed by atoms with Crippen molar-refractivity contribution in [2.24, 2.45) is 0 Å². The second-order valence-corrected chi connectivity index (χ2v) is 2.37. The van der Waals surface area contributed by atoms with E-state index < -0.39 is 18.2 Å². The van der Waals surface area contributed by atoms with E-state index in [0.29, 0.717) is 13.2 Å². The summed E-state index contributed by atoms with van der Waals surface area (Å²) in [5, 5.41) is 8.70. The molecule has 0 aliphatic heterocycles. The van der Waals surface area contributed by atoms with Crippen LogP contribution in [0.1, 0.15) is 20.8 Å². The fourth-order valence-corrected chi connectivity index (χ4v) is 0.937. The van der Waals surface area contributed by atoms with E-state index in [1.165, 1.54) is 0 Å².